The first-order valence-electron chi connectivity index (χ1n) is 8.89. The van der Waals surface area contributed by atoms with E-state index in [1.54, 1.807) is 24.2 Å². The first-order chi connectivity index (χ1) is 13.5. The fraction of sp³-hybridized carbons (Fsp3) is 0.190. The Morgan fingerprint density at radius 3 is 2.93 bits per heavy atom. The van der Waals surface area contributed by atoms with Crippen LogP contribution in [0.4, 0.5) is 11.4 Å². The number of carbonyl (C=O) groups is 1. The number of nitrogens with one attached hydrogen (secondary N) is 2. The van der Waals surface area contributed by atoms with E-state index in [9.17, 15) is 14.9 Å². The van der Waals surface area contributed by atoms with E-state index in [0.717, 1.165) is 40.1 Å². The van der Waals surface area contributed by atoms with E-state index in [1.165, 1.54) is 6.92 Å². The van der Waals surface area contributed by atoms with Crippen LogP contribution >= 0.6 is 11.9 Å². The Morgan fingerprint density at radius 2 is 2.18 bits per heavy atom. The number of H-pyrrole nitrogens is 1. The summed E-state index contributed by atoms with van der Waals surface area (Å²) >= 11 is 1.55. The number of rotatable bonds is 3. The summed E-state index contributed by atoms with van der Waals surface area (Å²) in [5.74, 6) is -0.160. The molecule has 2 heterocycles. The summed E-state index contributed by atoms with van der Waals surface area (Å²) < 4.78 is 2.12. The Morgan fingerprint density at radius 1 is 1.36 bits per heavy atom. The van der Waals surface area contributed by atoms with E-state index in [2.05, 4.69) is 20.7 Å². The fourth-order valence-electron chi connectivity index (χ4n) is 3.58. The number of carbonyl (C=O) groups excluding carboxylic acids is 1. The van der Waals surface area contributed by atoms with Gasteiger partial charge in [-0.2, -0.15) is 5.26 Å². The van der Waals surface area contributed by atoms with Gasteiger partial charge >= 0.3 is 0 Å². The summed E-state index contributed by atoms with van der Waals surface area (Å²) in [7, 11) is 0. The van der Waals surface area contributed by atoms with Gasteiger partial charge in [0, 0.05) is 46.6 Å². The molecule has 2 aromatic carbocycles. The number of pyridine rings is 1. The Bertz CT molecular complexity index is 1210. The lowest BCUT2D eigenvalue weighted by atomic mass is 10.1. The van der Waals surface area contributed by atoms with Crippen LogP contribution < -0.4 is 15.2 Å². The van der Waals surface area contributed by atoms with Gasteiger partial charge in [0.2, 0.25) is 5.91 Å². The number of fused-ring (bicyclic) bond motifs is 2. The molecular formula is C21H18N4O2S. The zero-order valence-electron chi connectivity index (χ0n) is 15.5. The van der Waals surface area contributed by atoms with E-state index in [-0.39, 0.29) is 11.5 Å². The van der Waals surface area contributed by atoms with Gasteiger partial charge in [0.25, 0.3) is 5.56 Å². The van der Waals surface area contributed by atoms with Gasteiger partial charge in [-0.05, 0) is 55.1 Å². The van der Waals surface area contributed by atoms with E-state index >= 15 is 0 Å². The van der Waals surface area contributed by atoms with E-state index < -0.39 is 0 Å². The number of amides is 1. The highest BCUT2D eigenvalue weighted by Crippen LogP contribution is 2.42. The number of aromatic nitrogens is 1. The molecule has 0 saturated heterocycles. The number of hydrogen-bond donors (Lipinski definition) is 2. The van der Waals surface area contributed by atoms with Crippen LogP contribution in [0.5, 0.6) is 0 Å². The van der Waals surface area contributed by atoms with Crippen LogP contribution in [0.3, 0.4) is 0 Å². The molecule has 1 aliphatic rings. The van der Waals surface area contributed by atoms with Crippen molar-refractivity contribution in [3.63, 3.8) is 0 Å². The van der Waals surface area contributed by atoms with Gasteiger partial charge in [0.1, 0.15) is 0 Å². The maximum atomic E-state index is 12.2. The van der Waals surface area contributed by atoms with Crippen molar-refractivity contribution in [3.05, 3.63) is 63.6 Å². The minimum Gasteiger partial charge on any atom is -0.328 e. The van der Waals surface area contributed by atoms with E-state index in [1.807, 2.05) is 31.2 Å². The third-order valence-corrected chi connectivity index (χ3v) is 5.93. The molecule has 0 bridgehead atoms. The summed E-state index contributed by atoms with van der Waals surface area (Å²) in [4.78, 5) is 27.5. The van der Waals surface area contributed by atoms with Gasteiger partial charge in [-0.1, -0.05) is 6.07 Å². The van der Waals surface area contributed by atoms with Gasteiger partial charge in [-0.25, -0.2) is 0 Å². The van der Waals surface area contributed by atoms with Gasteiger partial charge in [0.05, 0.1) is 17.3 Å². The number of aryl methyl sites for hydroxylation is 1. The lowest BCUT2D eigenvalue weighted by molar-refractivity contribution is -0.114. The van der Waals surface area contributed by atoms with Crippen molar-refractivity contribution in [2.45, 2.75) is 25.2 Å². The molecule has 0 atom stereocenters. The molecule has 140 valence electrons. The first kappa shape index (κ1) is 18.1. The number of nitrogens with zero attached hydrogens (tertiary/aromatic N) is 2. The highest BCUT2D eigenvalue weighted by Gasteiger charge is 2.25. The molecule has 0 spiro atoms. The van der Waals surface area contributed by atoms with Crippen molar-refractivity contribution < 1.29 is 4.79 Å². The minimum atomic E-state index is -0.160. The van der Waals surface area contributed by atoms with Crippen LogP contribution in [0.1, 0.15) is 23.6 Å². The Labute approximate surface area is 166 Å². The lowest BCUT2D eigenvalue weighted by Gasteiger charge is -2.20. The maximum Gasteiger partial charge on any atom is 0.255 e. The maximum absolute atomic E-state index is 12.2. The molecule has 2 N–H and O–H groups in total. The number of hydrogen-bond acceptors (Lipinski definition) is 5. The van der Waals surface area contributed by atoms with Crippen LogP contribution in [0, 0.1) is 18.3 Å². The summed E-state index contributed by atoms with van der Waals surface area (Å²) in [5, 5.41) is 13.8. The second-order valence-electron chi connectivity index (χ2n) is 6.74. The number of aromatic amines is 1. The highest BCUT2D eigenvalue weighted by molar-refractivity contribution is 8.00. The smallest absolute Gasteiger partial charge is 0.255 e. The average Bonchev–Trinajstić information content (AvgIpc) is 3.07. The Hall–Kier alpha value is -3.24. The third-order valence-electron chi connectivity index (χ3n) is 4.79. The number of nitriles is 1. The second-order valence-corrected chi connectivity index (χ2v) is 7.80. The van der Waals surface area contributed by atoms with Crippen molar-refractivity contribution in [1.82, 2.24) is 4.98 Å². The summed E-state index contributed by atoms with van der Waals surface area (Å²) in [6.07, 6.45) is 2.50. The molecule has 0 saturated carbocycles. The van der Waals surface area contributed by atoms with Crippen LogP contribution in [0.25, 0.3) is 10.8 Å². The van der Waals surface area contributed by atoms with Crippen LogP contribution in [0.15, 0.2) is 46.2 Å². The monoisotopic (exact) mass is 390 g/mol. The van der Waals surface area contributed by atoms with E-state index in [4.69, 9.17) is 0 Å². The van der Waals surface area contributed by atoms with Crippen molar-refractivity contribution >= 4 is 40.0 Å². The van der Waals surface area contributed by atoms with Gasteiger partial charge in [0.15, 0.2) is 0 Å². The van der Waals surface area contributed by atoms with Crippen molar-refractivity contribution in [2.24, 2.45) is 0 Å². The highest BCUT2D eigenvalue weighted by atomic mass is 32.2. The molecule has 7 heteroatoms. The van der Waals surface area contributed by atoms with Gasteiger partial charge < -0.3 is 14.6 Å². The third kappa shape index (κ3) is 3.12. The molecule has 0 radical (unpaired) electrons. The number of benzene rings is 2. The Balaban J connectivity index is 1.79. The molecule has 0 aliphatic carbocycles. The summed E-state index contributed by atoms with van der Waals surface area (Å²) in [6, 6.07) is 11.4. The molecule has 6 nitrogen and oxygen atoms in total. The molecule has 28 heavy (non-hydrogen) atoms. The molecule has 4 rings (SSSR count). The predicted molar refractivity (Wildman–Crippen MR) is 112 cm³/mol. The molecule has 1 amide bonds. The minimum absolute atomic E-state index is 0.107. The topological polar surface area (TPSA) is 89.0 Å². The molecule has 0 fully saturated rings. The zero-order valence-corrected chi connectivity index (χ0v) is 16.3. The summed E-state index contributed by atoms with van der Waals surface area (Å²) in [5.41, 5.74) is 4.03. The second kappa shape index (κ2) is 7.06. The van der Waals surface area contributed by atoms with Crippen molar-refractivity contribution in [2.75, 3.05) is 16.2 Å². The average molecular weight is 390 g/mol. The molecule has 1 aromatic heterocycles. The fourth-order valence-corrected chi connectivity index (χ4v) is 4.76. The van der Waals surface area contributed by atoms with Crippen LogP contribution in [0.2, 0.25) is 0 Å². The quantitative estimate of drug-likeness (QED) is 0.665. The zero-order chi connectivity index (χ0) is 19.8. The van der Waals surface area contributed by atoms with Crippen molar-refractivity contribution in [1.29, 1.82) is 5.26 Å². The van der Waals surface area contributed by atoms with Crippen molar-refractivity contribution in [3.8, 4) is 6.07 Å². The molecule has 1 aliphatic heterocycles. The molecule has 3 aromatic rings. The normalized spacial score (nSPS) is 12.7. The lowest BCUT2D eigenvalue weighted by Crippen LogP contribution is -2.12. The van der Waals surface area contributed by atoms with Gasteiger partial charge in [-0.15, -0.1) is 0 Å². The molecule has 0 unspecified atom stereocenters. The predicted octanol–water partition coefficient (Wildman–Crippen LogP) is 3.74. The largest absolute Gasteiger partial charge is 0.328 e. The van der Waals surface area contributed by atoms with Crippen LogP contribution in [-0.2, 0) is 11.2 Å². The summed E-state index contributed by atoms with van der Waals surface area (Å²) in [6.45, 7) is 4.19. The molecular weight excluding hydrogens is 372 g/mol. The van der Waals surface area contributed by atoms with Gasteiger partial charge in [-0.3, -0.25) is 9.59 Å². The Kier molecular flexibility index (Phi) is 4.57. The standard InChI is InChI=1S/C21H18N4O2S/c1-12-11-23-21(27)16-4-3-5-19(20(12)16)28-25-7-6-15-17(24-13(2)26)8-14(10-22)9-18(15)25/h3-5,8-9,11H,6-7H2,1-2H3,(H,23,27)(H,24,26). The first-order valence-corrected chi connectivity index (χ1v) is 9.66. The van der Waals surface area contributed by atoms with Crippen LogP contribution in [-0.4, -0.2) is 17.4 Å². The van der Waals surface area contributed by atoms with E-state index in [0.29, 0.717) is 16.6 Å². The number of anilines is 2. The SMILES string of the molecule is CC(=O)Nc1cc(C#N)cc2c1CCN2Sc1cccc2c(=O)[nH]cc(C)c12.